The number of aryl methyl sites for hydroxylation is 1. The minimum atomic E-state index is 0.288. The number of likely N-dealkylation sites (tertiary alicyclic amines) is 1. The Morgan fingerprint density at radius 3 is 2.72 bits per heavy atom. The Kier molecular flexibility index (Phi) is 6.79. The fraction of sp³-hybridized carbons (Fsp3) is 0.500. The lowest BCUT2D eigenvalue weighted by Crippen LogP contribution is -2.39. The minimum Gasteiger partial charge on any atom is -0.354 e. The third-order valence-corrected chi connectivity index (χ3v) is 7.77. The Morgan fingerprint density at radius 2 is 2.00 bits per heavy atom. The van der Waals surface area contributed by atoms with E-state index in [1.807, 2.05) is 13.1 Å². The molecular formula is C28H37N7O. The van der Waals surface area contributed by atoms with Gasteiger partial charge in [-0.2, -0.15) is 4.52 Å². The summed E-state index contributed by atoms with van der Waals surface area (Å²) in [5.74, 6) is 1.13. The highest BCUT2D eigenvalue weighted by Gasteiger charge is 2.25. The van der Waals surface area contributed by atoms with Crippen LogP contribution in [0.25, 0.3) is 27.8 Å². The van der Waals surface area contributed by atoms with E-state index in [4.69, 9.17) is 0 Å². The number of carbonyl (C=O) groups is 1. The van der Waals surface area contributed by atoms with Crippen LogP contribution in [-0.2, 0) is 4.79 Å². The Morgan fingerprint density at radius 1 is 1.22 bits per heavy atom. The van der Waals surface area contributed by atoms with Crippen LogP contribution in [0, 0.1) is 6.92 Å². The van der Waals surface area contributed by atoms with Crippen LogP contribution in [0.15, 0.2) is 30.5 Å². The number of piperidine rings is 1. The first-order valence-electron chi connectivity index (χ1n) is 13.2. The second kappa shape index (κ2) is 10.0. The van der Waals surface area contributed by atoms with Crippen LogP contribution in [0.5, 0.6) is 0 Å². The number of aromatic amines is 1. The summed E-state index contributed by atoms with van der Waals surface area (Å²) < 4.78 is 1.75. The molecule has 0 saturated carbocycles. The maximum absolute atomic E-state index is 12.7. The van der Waals surface area contributed by atoms with Crippen molar-refractivity contribution >= 4 is 22.5 Å². The Bertz CT molecular complexity index is 1380. The first-order chi connectivity index (χ1) is 17.4. The maximum Gasteiger partial charge on any atom is 0.223 e. The van der Waals surface area contributed by atoms with Gasteiger partial charge in [0.15, 0.2) is 5.65 Å². The molecule has 8 nitrogen and oxygen atoms in total. The Labute approximate surface area is 212 Å². The lowest BCUT2D eigenvalue weighted by atomic mass is 9.87. The van der Waals surface area contributed by atoms with E-state index in [1.165, 1.54) is 16.5 Å². The molecule has 0 spiro atoms. The van der Waals surface area contributed by atoms with Gasteiger partial charge in [0.2, 0.25) is 5.91 Å². The molecular weight excluding hydrogens is 450 g/mol. The molecule has 1 aromatic carbocycles. The molecule has 5 rings (SSSR count). The Balaban J connectivity index is 1.39. The summed E-state index contributed by atoms with van der Waals surface area (Å²) in [6.07, 6.45) is 4.65. The molecule has 0 atom stereocenters. The van der Waals surface area contributed by atoms with Crippen molar-refractivity contribution in [1.29, 1.82) is 0 Å². The molecule has 1 saturated heterocycles. The quantitative estimate of drug-likeness (QED) is 0.407. The average molecular weight is 488 g/mol. The van der Waals surface area contributed by atoms with Crippen molar-refractivity contribution in [3.63, 3.8) is 0 Å². The molecule has 1 N–H and O–H groups in total. The van der Waals surface area contributed by atoms with Gasteiger partial charge in [-0.15, -0.1) is 5.10 Å². The summed E-state index contributed by atoms with van der Waals surface area (Å²) in [4.78, 5) is 20.6. The third-order valence-electron chi connectivity index (χ3n) is 7.77. The SMILES string of the molecule is CCN(C)CCC(=O)N1CCC(c2ccc3[nH]c(-c4cc(C)c5nnnn5c4)c(C(C)C)c3c2)CC1. The predicted molar refractivity (Wildman–Crippen MR) is 143 cm³/mol. The molecule has 0 bridgehead atoms. The number of nitrogens with one attached hydrogen (secondary N) is 1. The second-order valence-corrected chi connectivity index (χ2v) is 10.5. The minimum absolute atomic E-state index is 0.288. The van der Waals surface area contributed by atoms with Crippen molar-refractivity contribution in [2.75, 3.05) is 33.2 Å². The number of hydrogen-bond acceptors (Lipinski definition) is 5. The standard InChI is InChI=1S/C28H37N7O/c1-6-33(5)12-11-25(36)34-13-9-20(10-14-34)21-7-8-24-23(16-21)26(18(2)3)27(29-24)22-15-19(4)28-30-31-32-35(28)17-22/h7-8,15-18,20,29H,6,9-14H2,1-5H3. The molecule has 36 heavy (non-hydrogen) atoms. The van der Waals surface area contributed by atoms with Crippen LogP contribution in [-0.4, -0.2) is 74.0 Å². The highest BCUT2D eigenvalue weighted by Crippen LogP contribution is 2.38. The molecule has 1 fully saturated rings. The topological polar surface area (TPSA) is 82.4 Å². The summed E-state index contributed by atoms with van der Waals surface area (Å²) in [5.41, 5.74) is 7.91. The van der Waals surface area contributed by atoms with E-state index in [0.29, 0.717) is 18.3 Å². The summed E-state index contributed by atoms with van der Waals surface area (Å²) in [6, 6.07) is 9.03. The smallest absolute Gasteiger partial charge is 0.223 e. The van der Waals surface area contributed by atoms with Crippen molar-refractivity contribution in [3.8, 4) is 11.3 Å². The number of tetrazole rings is 1. The first-order valence-corrected chi connectivity index (χ1v) is 13.2. The number of aromatic nitrogens is 5. The fourth-order valence-electron chi connectivity index (χ4n) is 5.52. The van der Waals surface area contributed by atoms with Gasteiger partial charge < -0.3 is 14.8 Å². The van der Waals surface area contributed by atoms with Crippen molar-refractivity contribution in [2.45, 2.75) is 58.8 Å². The van der Waals surface area contributed by atoms with E-state index in [2.05, 4.69) is 82.4 Å². The molecule has 1 aliphatic rings. The Hall–Kier alpha value is -3.26. The van der Waals surface area contributed by atoms with E-state index in [1.54, 1.807) is 4.52 Å². The summed E-state index contributed by atoms with van der Waals surface area (Å²) in [7, 11) is 2.07. The van der Waals surface area contributed by atoms with Crippen LogP contribution in [0.1, 0.15) is 68.6 Å². The first kappa shape index (κ1) is 24.4. The van der Waals surface area contributed by atoms with Crippen molar-refractivity contribution in [1.82, 2.24) is 34.8 Å². The van der Waals surface area contributed by atoms with Gasteiger partial charge in [0.1, 0.15) is 0 Å². The number of fused-ring (bicyclic) bond motifs is 2. The van der Waals surface area contributed by atoms with E-state index in [9.17, 15) is 4.79 Å². The van der Waals surface area contributed by atoms with E-state index >= 15 is 0 Å². The molecule has 4 aromatic rings. The predicted octanol–water partition coefficient (Wildman–Crippen LogP) is 4.75. The van der Waals surface area contributed by atoms with Crippen LogP contribution in [0.2, 0.25) is 0 Å². The van der Waals surface area contributed by atoms with Crippen LogP contribution < -0.4 is 0 Å². The average Bonchev–Trinajstić information content (AvgIpc) is 3.51. The summed E-state index contributed by atoms with van der Waals surface area (Å²) in [6.45, 7) is 12.2. The number of hydrogen-bond donors (Lipinski definition) is 1. The van der Waals surface area contributed by atoms with E-state index in [-0.39, 0.29) is 5.91 Å². The normalized spacial score (nSPS) is 15.1. The summed E-state index contributed by atoms with van der Waals surface area (Å²) >= 11 is 0. The van der Waals surface area contributed by atoms with Crippen LogP contribution >= 0.6 is 0 Å². The van der Waals surface area contributed by atoms with Gasteiger partial charge in [-0.25, -0.2) is 0 Å². The van der Waals surface area contributed by atoms with Crippen LogP contribution in [0.4, 0.5) is 0 Å². The van der Waals surface area contributed by atoms with Crippen LogP contribution in [0.3, 0.4) is 0 Å². The molecule has 0 radical (unpaired) electrons. The zero-order valence-electron chi connectivity index (χ0n) is 22.1. The maximum atomic E-state index is 12.7. The number of H-pyrrole nitrogens is 1. The number of benzene rings is 1. The number of nitrogens with zero attached hydrogens (tertiary/aromatic N) is 6. The summed E-state index contributed by atoms with van der Waals surface area (Å²) in [5, 5.41) is 13.4. The van der Waals surface area contributed by atoms with Gasteiger partial charge in [-0.3, -0.25) is 4.79 Å². The fourth-order valence-corrected chi connectivity index (χ4v) is 5.52. The number of amides is 1. The highest BCUT2D eigenvalue weighted by atomic mass is 16.2. The molecule has 190 valence electrons. The molecule has 1 aliphatic heterocycles. The molecule has 0 aliphatic carbocycles. The van der Waals surface area contributed by atoms with E-state index < -0.39 is 0 Å². The van der Waals surface area contributed by atoms with Gasteiger partial charge in [0, 0.05) is 48.7 Å². The molecule has 1 amide bonds. The molecule has 4 heterocycles. The number of carbonyl (C=O) groups excluding carboxylic acids is 1. The third kappa shape index (κ3) is 4.62. The van der Waals surface area contributed by atoms with Crippen molar-refractivity contribution in [3.05, 3.63) is 47.2 Å². The largest absolute Gasteiger partial charge is 0.354 e. The van der Waals surface area contributed by atoms with Gasteiger partial charge in [0.25, 0.3) is 0 Å². The van der Waals surface area contributed by atoms with E-state index in [0.717, 1.165) is 67.0 Å². The number of pyridine rings is 1. The lowest BCUT2D eigenvalue weighted by Gasteiger charge is -2.32. The molecule has 8 heteroatoms. The monoisotopic (exact) mass is 487 g/mol. The van der Waals surface area contributed by atoms with Gasteiger partial charge >= 0.3 is 0 Å². The van der Waals surface area contributed by atoms with Gasteiger partial charge in [-0.1, -0.05) is 26.8 Å². The lowest BCUT2D eigenvalue weighted by molar-refractivity contribution is -0.132. The zero-order chi connectivity index (χ0) is 25.4. The second-order valence-electron chi connectivity index (χ2n) is 10.5. The highest BCUT2D eigenvalue weighted by molar-refractivity contribution is 5.92. The zero-order valence-corrected chi connectivity index (χ0v) is 22.1. The molecule has 0 unspecified atom stereocenters. The van der Waals surface area contributed by atoms with Crippen molar-refractivity contribution in [2.24, 2.45) is 0 Å². The van der Waals surface area contributed by atoms with Crippen molar-refractivity contribution < 1.29 is 4.79 Å². The number of rotatable bonds is 7. The molecule has 3 aromatic heterocycles. The van der Waals surface area contributed by atoms with Gasteiger partial charge in [-0.05, 0) is 90.5 Å². The van der Waals surface area contributed by atoms with Gasteiger partial charge in [0.05, 0.1) is 5.69 Å².